The van der Waals surface area contributed by atoms with Gasteiger partial charge in [-0.3, -0.25) is 14.9 Å². The molecule has 1 saturated carbocycles. The smallest absolute Gasteiger partial charge is 0.309 e. The van der Waals surface area contributed by atoms with Crippen molar-refractivity contribution in [2.24, 2.45) is 5.92 Å². The summed E-state index contributed by atoms with van der Waals surface area (Å²) >= 11 is 0. The van der Waals surface area contributed by atoms with Gasteiger partial charge in [0.15, 0.2) is 0 Å². The second-order valence-corrected chi connectivity index (χ2v) is 6.63. The number of ether oxygens (including phenoxy) is 1. The molecule has 22 heavy (non-hydrogen) atoms. The summed E-state index contributed by atoms with van der Waals surface area (Å²) in [6.07, 6.45) is 2.35. The van der Waals surface area contributed by atoms with Gasteiger partial charge < -0.3 is 4.74 Å². The molecular formula is C17H21NO4. The standard InChI is InChI=1S/C17H21NO4/c1-3-22-15(19)13-10-16(2,18(20)21)17(11-13)9-8-12-6-4-5-7-14(12)17/h4-7,13H,3,8-11H2,1-2H3/t13?,16-,17+/m1/s1. The van der Waals surface area contributed by atoms with Gasteiger partial charge in [0.25, 0.3) is 0 Å². The Balaban J connectivity index is 2.06. The van der Waals surface area contributed by atoms with Gasteiger partial charge in [-0.05, 0) is 37.3 Å². The number of aryl methyl sites for hydroxylation is 1. The molecule has 0 aromatic heterocycles. The number of hydrogen-bond donors (Lipinski definition) is 0. The first-order valence-electron chi connectivity index (χ1n) is 7.84. The van der Waals surface area contributed by atoms with E-state index in [1.165, 1.54) is 5.56 Å². The van der Waals surface area contributed by atoms with Crippen LogP contribution in [0, 0.1) is 16.0 Å². The van der Waals surface area contributed by atoms with Crippen molar-refractivity contribution in [1.29, 1.82) is 0 Å². The number of benzene rings is 1. The van der Waals surface area contributed by atoms with Gasteiger partial charge >= 0.3 is 5.97 Å². The number of esters is 1. The van der Waals surface area contributed by atoms with E-state index in [4.69, 9.17) is 4.74 Å². The fraction of sp³-hybridized carbons (Fsp3) is 0.588. The minimum absolute atomic E-state index is 0.172. The molecule has 5 nitrogen and oxygen atoms in total. The number of carbonyl (C=O) groups is 1. The zero-order chi connectivity index (χ0) is 16.0. The van der Waals surface area contributed by atoms with Gasteiger partial charge in [0, 0.05) is 18.3 Å². The van der Waals surface area contributed by atoms with Crippen molar-refractivity contribution < 1.29 is 14.5 Å². The predicted octanol–water partition coefficient (Wildman–Crippen LogP) is 2.88. The first-order chi connectivity index (χ1) is 10.4. The third-order valence-electron chi connectivity index (χ3n) is 5.65. The van der Waals surface area contributed by atoms with E-state index in [1.807, 2.05) is 24.3 Å². The number of nitrogens with zero attached hydrogens (tertiary/aromatic N) is 1. The first-order valence-corrected chi connectivity index (χ1v) is 7.84. The molecule has 1 aromatic rings. The zero-order valence-corrected chi connectivity index (χ0v) is 13.0. The van der Waals surface area contributed by atoms with Gasteiger partial charge in [0.1, 0.15) is 0 Å². The number of rotatable bonds is 3. The van der Waals surface area contributed by atoms with Crippen molar-refractivity contribution in [2.45, 2.75) is 50.5 Å². The molecule has 1 spiro atoms. The summed E-state index contributed by atoms with van der Waals surface area (Å²) < 4.78 is 5.13. The Hall–Kier alpha value is -1.91. The van der Waals surface area contributed by atoms with E-state index in [-0.39, 0.29) is 23.2 Å². The Kier molecular flexibility index (Phi) is 3.46. The van der Waals surface area contributed by atoms with Gasteiger partial charge in [-0.25, -0.2) is 0 Å². The maximum Gasteiger partial charge on any atom is 0.309 e. The van der Waals surface area contributed by atoms with Crippen LogP contribution < -0.4 is 0 Å². The number of fused-ring (bicyclic) bond motifs is 2. The van der Waals surface area contributed by atoms with Crippen LogP contribution in [-0.2, 0) is 21.4 Å². The summed E-state index contributed by atoms with van der Waals surface area (Å²) in [6, 6.07) is 7.95. The van der Waals surface area contributed by atoms with Crippen molar-refractivity contribution in [3.05, 3.63) is 45.5 Å². The van der Waals surface area contributed by atoms with Crippen LogP contribution >= 0.6 is 0 Å². The molecule has 1 aromatic carbocycles. The van der Waals surface area contributed by atoms with Crippen molar-refractivity contribution >= 4 is 5.97 Å². The first kappa shape index (κ1) is 15.0. The second-order valence-electron chi connectivity index (χ2n) is 6.63. The van der Waals surface area contributed by atoms with Crippen LogP contribution in [0.2, 0.25) is 0 Å². The maximum atomic E-state index is 12.2. The SMILES string of the molecule is CCOC(=O)C1C[C@]2(CCc3ccccc32)[C@](C)([N+](=O)[O-])C1. The molecule has 3 atom stereocenters. The molecule has 2 aliphatic carbocycles. The highest BCUT2D eigenvalue weighted by Crippen LogP contribution is 2.58. The summed E-state index contributed by atoms with van der Waals surface area (Å²) in [5.74, 6) is -0.682. The molecule has 5 heteroatoms. The number of hydrogen-bond acceptors (Lipinski definition) is 4. The van der Waals surface area contributed by atoms with E-state index >= 15 is 0 Å². The van der Waals surface area contributed by atoms with Gasteiger partial charge in [0.05, 0.1) is 17.9 Å². The summed E-state index contributed by atoms with van der Waals surface area (Å²) in [5, 5.41) is 11.9. The highest BCUT2D eigenvalue weighted by Gasteiger charge is 2.67. The Morgan fingerprint density at radius 2 is 2.14 bits per heavy atom. The summed E-state index contributed by atoms with van der Waals surface area (Å²) in [5.41, 5.74) is 0.572. The molecule has 3 rings (SSSR count). The lowest BCUT2D eigenvalue weighted by atomic mass is 9.69. The van der Waals surface area contributed by atoms with Crippen molar-refractivity contribution in [1.82, 2.24) is 0 Å². The minimum Gasteiger partial charge on any atom is -0.466 e. The van der Waals surface area contributed by atoms with Gasteiger partial charge in [-0.2, -0.15) is 0 Å². The average Bonchev–Trinajstić information content (AvgIpc) is 3.02. The topological polar surface area (TPSA) is 69.4 Å². The van der Waals surface area contributed by atoms with Gasteiger partial charge in [0.2, 0.25) is 5.54 Å². The fourth-order valence-corrected chi connectivity index (χ4v) is 4.52. The largest absolute Gasteiger partial charge is 0.466 e. The van der Waals surface area contributed by atoms with Crippen LogP contribution in [0.15, 0.2) is 24.3 Å². The molecule has 0 heterocycles. The number of carbonyl (C=O) groups excluding carboxylic acids is 1. The van der Waals surface area contributed by atoms with Crippen molar-refractivity contribution in [3.8, 4) is 0 Å². The van der Waals surface area contributed by atoms with E-state index in [0.717, 1.165) is 18.4 Å². The summed E-state index contributed by atoms with van der Waals surface area (Å²) in [4.78, 5) is 23.9. The van der Waals surface area contributed by atoms with E-state index in [9.17, 15) is 14.9 Å². The Morgan fingerprint density at radius 1 is 1.41 bits per heavy atom. The fourth-order valence-electron chi connectivity index (χ4n) is 4.52. The molecule has 0 aliphatic heterocycles. The molecule has 1 fully saturated rings. The van der Waals surface area contributed by atoms with Crippen LogP contribution in [0.25, 0.3) is 0 Å². The lowest BCUT2D eigenvalue weighted by Crippen LogP contribution is -2.49. The Morgan fingerprint density at radius 3 is 2.82 bits per heavy atom. The molecule has 0 saturated heterocycles. The molecule has 118 valence electrons. The van der Waals surface area contributed by atoms with Crippen LogP contribution in [0.4, 0.5) is 0 Å². The van der Waals surface area contributed by atoms with Crippen molar-refractivity contribution in [2.75, 3.05) is 6.61 Å². The zero-order valence-electron chi connectivity index (χ0n) is 13.0. The third-order valence-corrected chi connectivity index (χ3v) is 5.65. The predicted molar refractivity (Wildman–Crippen MR) is 81.2 cm³/mol. The Labute approximate surface area is 129 Å². The lowest BCUT2D eigenvalue weighted by molar-refractivity contribution is -0.576. The van der Waals surface area contributed by atoms with Crippen LogP contribution in [0.3, 0.4) is 0 Å². The lowest BCUT2D eigenvalue weighted by Gasteiger charge is -2.34. The highest BCUT2D eigenvalue weighted by molar-refractivity contribution is 5.74. The highest BCUT2D eigenvalue weighted by atomic mass is 16.6. The minimum atomic E-state index is -1.11. The monoisotopic (exact) mass is 303 g/mol. The molecule has 0 radical (unpaired) electrons. The van der Waals surface area contributed by atoms with Crippen LogP contribution in [0.5, 0.6) is 0 Å². The summed E-state index contributed by atoms with van der Waals surface area (Å²) in [7, 11) is 0. The summed E-state index contributed by atoms with van der Waals surface area (Å²) in [6.45, 7) is 3.78. The molecule has 0 amide bonds. The van der Waals surface area contributed by atoms with Crippen molar-refractivity contribution in [3.63, 3.8) is 0 Å². The van der Waals surface area contributed by atoms with Gasteiger partial charge in [-0.1, -0.05) is 24.3 Å². The number of nitro groups is 1. The van der Waals surface area contributed by atoms with Crippen LogP contribution in [0.1, 0.15) is 44.2 Å². The molecule has 0 N–H and O–H groups in total. The van der Waals surface area contributed by atoms with Gasteiger partial charge in [-0.15, -0.1) is 0 Å². The maximum absolute atomic E-state index is 12.2. The quantitative estimate of drug-likeness (QED) is 0.489. The molecular weight excluding hydrogens is 282 g/mol. The second kappa shape index (κ2) is 5.07. The average molecular weight is 303 g/mol. The molecule has 2 aliphatic rings. The van der Waals surface area contributed by atoms with E-state index in [2.05, 4.69) is 0 Å². The third kappa shape index (κ3) is 1.87. The van der Waals surface area contributed by atoms with E-state index in [1.54, 1.807) is 13.8 Å². The Bertz CT molecular complexity index is 629. The van der Waals surface area contributed by atoms with E-state index < -0.39 is 11.0 Å². The van der Waals surface area contributed by atoms with Crippen LogP contribution in [-0.4, -0.2) is 23.0 Å². The normalized spacial score (nSPS) is 32.9. The van der Waals surface area contributed by atoms with E-state index in [0.29, 0.717) is 13.0 Å². The molecule has 0 bridgehead atoms. The molecule has 1 unspecified atom stereocenters.